The van der Waals surface area contributed by atoms with Crippen LogP contribution in [0, 0.1) is 11.3 Å². The summed E-state index contributed by atoms with van der Waals surface area (Å²) in [7, 11) is 0. The van der Waals surface area contributed by atoms with Crippen LogP contribution < -0.4 is 5.56 Å². The fourth-order valence-corrected chi connectivity index (χ4v) is 2.57. The average molecular weight is 281 g/mol. The molecule has 0 saturated heterocycles. The van der Waals surface area contributed by atoms with E-state index in [1.807, 2.05) is 17.5 Å². The van der Waals surface area contributed by atoms with E-state index in [9.17, 15) is 4.79 Å². The first-order valence-electron chi connectivity index (χ1n) is 4.08. The number of halogens is 1. The summed E-state index contributed by atoms with van der Waals surface area (Å²) in [5.41, 5.74) is 0.517. The van der Waals surface area contributed by atoms with E-state index in [1.165, 1.54) is 17.4 Å². The SMILES string of the molecule is N#Cc1ccc(-c2cc(Br)cs2)[nH]c1=O. The maximum Gasteiger partial charge on any atom is 0.266 e. The summed E-state index contributed by atoms with van der Waals surface area (Å²) in [6.45, 7) is 0. The van der Waals surface area contributed by atoms with Crippen molar-refractivity contribution in [3.8, 4) is 16.6 Å². The van der Waals surface area contributed by atoms with Gasteiger partial charge in [0, 0.05) is 9.85 Å². The quantitative estimate of drug-likeness (QED) is 0.873. The Morgan fingerprint density at radius 2 is 2.27 bits per heavy atom. The number of nitrogens with zero attached hydrogens (tertiary/aromatic N) is 1. The molecule has 15 heavy (non-hydrogen) atoms. The van der Waals surface area contributed by atoms with Crippen molar-refractivity contribution in [3.05, 3.63) is 44.0 Å². The Balaban J connectivity index is 2.53. The number of hydrogen-bond donors (Lipinski definition) is 1. The molecule has 0 aromatic carbocycles. The number of nitriles is 1. The number of pyridine rings is 1. The summed E-state index contributed by atoms with van der Waals surface area (Å²) in [4.78, 5) is 15.0. The van der Waals surface area contributed by atoms with Gasteiger partial charge >= 0.3 is 0 Å². The largest absolute Gasteiger partial charge is 0.320 e. The van der Waals surface area contributed by atoms with Gasteiger partial charge in [-0.05, 0) is 34.1 Å². The van der Waals surface area contributed by atoms with Crippen molar-refractivity contribution in [1.29, 1.82) is 5.26 Å². The van der Waals surface area contributed by atoms with Crippen molar-refractivity contribution in [1.82, 2.24) is 4.98 Å². The molecule has 0 unspecified atom stereocenters. The van der Waals surface area contributed by atoms with Gasteiger partial charge in [0.2, 0.25) is 0 Å². The number of aromatic nitrogens is 1. The van der Waals surface area contributed by atoms with Crippen molar-refractivity contribution < 1.29 is 0 Å². The van der Waals surface area contributed by atoms with Gasteiger partial charge in [0.25, 0.3) is 5.56 Å². The minimum Gasteiger partial charge on any atom is -0.320 e. The molecule has 74 valence electrons. The van der Waals surface area contributed by atoms with Crippen LogP contribution in [0.5, 0.6) is 0 Å². The standard InChI is InChI=1S/C10H5BrN2OS/c11-7-3-9(15-5-7)8-2-1-6(4-12)10(14)13-8/h1-3,5H,(H,13,14). The molecule has 5 heteroatoms. The molecule has 2 heterocycles. The second-order valence-electron chi connectivity index (χ2n) is 2.86. The van der Waals surface area contributed by atoms with Gasteiger partial charge < -0.3 is 4.98 Å². The van der Waals surface area contributed by atoms with Crippen LogP contribution in [-0.2, 0) is 0 Å². The normalized spacial score (nSPS) is 9.87. The van der Waals surface area contributed by atoms with Crippen LogP contribution in [0.25, 0.3) is 10.6 Å². The molecule has 1 N–H and O–H groups in total. The van der Waals surface area contributed by atoms with Gasteiger partial charge in [-0.15, -0.1) is 11.3 Å². The van der Waals surface area contributed by atoms with Gasteiger partial charge in [0.1, 0.15) is 11.6 Å². The van der Waals surface area contributed by atoms with Crippen LogP contribution in [0.4, 0.5) is 0 Å². The first-order valence-corrected chi connectivity index (χ1v) is 5.76. The van der Waals surface area contributed by atoms with E-state index in [1.54, 1.807) is 6.07 Å². The summed E-state index contributed by atoms with van der Waals surface area (Å²) in [5.74, 6) is 0. The lowest BCUT2D eigenvalue weighted by molar-refractivity contribution is 1.22. The van der Waals surface area contributed by atoms with Gasteiger partial charge in [-0.2, -0.15) is 5.26 Å². The van der Waals surface area contributed by atoms with Crippen molar-refractivity contribution in [2.75, 3.05) is 0 Å². The van der Waals surface area contributed by atoms with Crippen molar-refractivity contribution >= 4 is 27.3 Å². The lowest BCUT2D eigenvalue weighted by Gasteiger charge is -1.96. The minimum atomic E-state index is -0.348. The number of thiophene rings is 1. The maximum atomic E-state index is 11.4. The first kappa shape index (κ1) is 10.1. The number of rotatable bonds is 1. The Kier molecular flexibility index (Phi) is 2.71. The summed E-state index contributed by atoms with van der Waals surface area (Å²) in [6.07, 6.45) is 0. The molecule has 0 aliphatic rings. The highest BCUT2D eigenvalue weighted by molar-refractivity contribution is 9.10. The van der Waals surface area contributed by atoms with E-state index >= 15 is 0 Å². The lowest BCUT2D eigenvalue weighted by Crippen LogP contribution is -2.09. The molecule has 0 amide bonds. The van der Waals surface area contributed by atoms with Crippen LogP contribution in [0.1, 0.15) is 5.56 Å². The maximum absolute atomic E-state index is 11.4. The van der Waals surface area contributed by atoms with Gasteiger partial charge in [0.05, 0.1) is 10.6 Å². The third-order valence-corrected chi connectivity index (χ3v) is 3.59. The molecule has 0 bridgehead atoms. The Morgan fingerprint density at radius 1 is 1.47 bits per heavy atom. The zero-order valence-corrected chi connectivity index (χ0v) is 9.85. The molecular formula is C10H5BrN2OS. The van der Waals surface area contributed by atoms with Crippen LogP contribution in [0.3, 0.4) is 0 Å². The van der Waals surface area contributed by atoms with E-state index in [0.29, 0.717) is 0 Å². The van der Waals surface area contributed by atoms with Crippen molar-refractivity contribution in [2.45, 2.75) is 0 Å². The smallest absolute Gasteiger partial charge is 0.266 e. The van der Waals surface area contributed by atoms with Crippen LogP contribution >= 0.6 is 27.3 Å². The van der Waals surface area contributed by atoms with E-state index in [2.05, 4.69) is 20.9 Å². The van der Waals surface area contributed by atoms with E-state index < -0.39 is 0 Å². The molecule has 2 aromatic rings. The Hall–Kier alpha value is -1.38. The summed E-state index contributed by atoms with van der Waals surface area (Å²) < 4.78 is 0.979. The molecule has 0 aliphatic heterocycles. The number of hydrogen-bond acceptors (Lipinski definition) is 3. The van der Waals surface area contributed by atoms with Crippen molar-refractivity contribution in [3.63, 3.8) is 0 Å². The fraction of sp³-hybridized carbons (Fsp3) is 0. The molecule has 0 atom stereocenters. The second-order valence-corrected chi connectivity index (χ2v) is 4.68. The second kappa shape index (κ2) is 4.01. The van der Waals surface area contributed by atoms with Crippen LogP contribution in [0.2, 0.25) is 0 Å². The zero-order valence-electron chi connectivity index (χ0n) is 7.45. The molecule has 3 nitrogen and oxygen atoms in total. The first-order chi connectivity index (χ1) is 7.20. The lowest BCUT2D eigenvalue weighted by atomic mass is 10.2. The Bertz CT molecular complexity index is 594. The summed E-state index contributed by atoms with van der Waals surface area (Å²) in [6, 6.07) is 7.01. The highest BCUT2D eigenvalue weighted by atomic mass is 79.9. The molecule has 0 radical (unpaired) electrons. The Morgan fingerprint density at radius 3 is 2.80 bits per heavy atom. The highest BCUT2D eigenvalue weighted by Crippen LogP contribution is 2.27. The molecule has 0 spiro atoms. The van der Waals surface area contributed by atoms with Crippen LogP contribution in [0.15, 0.2) is 32.8 Å². The Labute approximate surface area is 98.1 Å². The number of H-pyrrole nitrogens is 1. The molecule has 0 saturated carbocycles. The molecular weight excluding hydrogens is 276 g/mol. The van der Waals surface area contributed by atoms with E-state index in [4.69, 9.17) is 5.26 Å². The van der Waals surface area contributed by atoms with Gasteiger partial charge in [-0.25, -0.2) is 0 Å². The van der Waals surface area contributed by atoms with E-state index in [-0.39, 0.29) is 11.1 Å². The van der Waals surface area contributed by atoms with Crippen LogP contribution in [-0.4, -0.2) is 4.98 Å². The summed E-state index contributed by atoms with van der Waals surface area (Å²) in [5, 5.41) is 10.5. The summed E-state index contributed by atoms with van der Waals surface area (Å²) >= 11 is 4.87. The highest BCUT2D eigenvalue weighted by Gasteiger charge is 2.04. The molecule has 0 aliphatic carbocycles. The fourth-order valence-electron chi connectivity index (χ4n) is 1.16. The topological polar surface area (TPSA) is 56.6 Å². The predicted molar refractivity (Wildman–Crippen MR) is 62.8 cm³/mol. The zero-order chi connectivity index (χ0) is 10.8. The predicted octanol–water partition coefficient (Wildman–Crippen LogP) is 2.74. The molecule has 2 rings (SSSR count). The van der Waals surface area contributed by atoms with Gasteiger partial charge in [-0.3, -0.25) is 4.79 Å². The molecule has 0 fully saturated rings. The number of nitrogens with one attached hydrogen (secondary N) is 1. The van der Waals surface area contributed by atoms with Gasteiger partial charge in [0.15, 0.2) is 0 Å². The third-order valence-electron chi connectivity index (χ3n) is 1.86. The van der Waals surface area contributed by atoms with Crippen molar-refractivity contribution in [2.24, 2.45) is 0 Å². The average Bonchev–Trinajstić information content (AvgIpc) is 2.65. The van der Waals surface area contributed by atoms with E-state index in [0.717, 1.165) is 15.0 Å². The van der Waals surface area contributed by atoms with Gasteiger partial charge in [-0.1, -0.05) is 0 Å². The monoisotopic (exact) mass is 280 g/mol. The third kappa shape index (κ3) is 2.01. The number of aromatic amines is 1. The minimum absolute atomic E-state index is 0.134. The molecule has 2 aromatic heterocycles.